The molecular formula is C10H12S. The molecular weight excluding hydrogens is 152 g/mol. The van der Waals surface area contributed by atoms with Gasteiger partial charge in [-0.1, -0.05) is 49.8 Å². The van der Waals surface area contributed by atoms with E-state index in [1.807, 2.05) is 6.07 Å². The lowest BCUT2D eigenvalue weighted by atomic mass is 10.1. The van der Waals surface area contributed by atoms with Gasteiger partial charge in [-0.05, 0) is 17.5 Å². The fourth-order valence-corrected chi connectivity index (χ4v) is 1.38. The summed E-state index contributed by atoms with van der Waals surface area (Å²) in [6.07, 6.45) is 2.31. The summed E-state index contributed by atoms with van der Waals surface area (Å²) in [4.78, 5) is 0. The molecule has 0 heterocycles. The molecule has 1 rings (SSSR count). The van der Waals surface area contributed by atoms with Crippen LogP contribution < -0.4 is 0 Å². The summed E-state index contributed by atoms with van der Waals surface area (Å²) in [6, 6.07) is 8.30. The Morgan fingerprint density at radius 1 is 1.36 bits per heavy atom. The van der Waals surface area contributed by atoms with E-state index in [0.717, 1.165) is 6.42 Å². The summed E-state index contributed by atoms with van der Waals surface area (Å²) < 4.78 is 0. The van der Waals surface area contributed by atoms with E-state index in [0.29, 0.717) is 0 Å². The van der Waals surface area contributed by atoms with Crippen molar-refractivity contribution in [3.05, 3.63) is 35.4 Å². The lowest BCUT2D eigenvalue weighted by Gasteiger charge is -2.01. The Bertz CT molecular complexity index is 240. The minimum absolute atomic E-state index is 1.13. The van der Waals surface area contributed by atoms with Crippen molar-refractivity contribution >= 4 is 17.6 Å². The van der Waals surface area contributed by atoms with Gasteiger partial charge in [-0.15, -0.1) is 0 Å². The van der Waals surface area contributed by atoms with E-state index in [2.05, 4.69) is 25.1 Å². The minimum Gasteiger partial charge on any atom is -0.0881 e. The van der Waals surface area contributed by atoms with Gasteiger partial charge in [0, 0.05) is 5.37 Å². The molecule has 0 aromatic heterocycles. The van der Waals surface area contributed by atoms with Crippen LogP contribution in [0.25, 0.3) is 0 Å². The SMILES string of the molecule is CCCc1ccccc1C=S. The van der Waals surface area contributed by atoms with Crippen molar-refractivity contribution in [3.63, 3.8) is 0 Å². The highest BCUT2D eigenvalue weighted by Crippen LogP contribution is 2.08. The maximum atomic E-state index is 4.90. The van der Waals surface area contributed by atoms with Crippen molar-refractivity contribution in [1.82, 2.24) is 0 Å². The van der Waals surface area contributed by atoms with E-state index in [4.69, 9.17) is 12.2 Å². The minimum atomic E-state index is 1.13. The second kappa shape index (κ2) is 4.24. The summed E-state index contributed by atoms with van der Waals surface area (Å²) >= 11 is 4.90. The second-order valence-corrected chi connectivity index (χ2v) is 2.80. The molecule has 1 aromatic rings. The first-order chi connectivity index (χ1) is 5.38. The summed E-state index contributed by atoms with van der Waals surface area (Å²) in [5.74, 6) is 0. The van der Waals surface area contributed by atoms with E-state index in [1.54, 1.807) is 5.37 Å². The monoisotopic (exact) mass is 164 g/mol. The van der Waals surface area contributed by atoms with Gasteiger partial charge >= 0.3 is 0 Å². The Morgan fingerprint density at radius 3 is 2.73 bits per heavy atom. The molecule has 58 valence electrons. The van der Waals surface area contributed by atoms with E-state index in [9.17, 15) is 0 Å². The maximum Gasteiger partial charge on any atom is 0.00888 e. The normalized spacial score (nSPS) is 9.55. The van der Waals surface area contributed by atoms with Crippen molar-refractivity contribution in [2.75, 3.05) is 0 Å². The second-order valence-electron chi connectivity index (χ2n) is 2.57. The molecule has 0 atom stereocenters. The zero-order valence-electron chi connectivity index (χ0n) is 6.71. The van der Waals surface area contributed by atoms with Gasteiger partial charge in [-0.2, -0.15) is 0 Å². The third-order valence-corrected chi connectivity index (χ3v) is 1.96. The molecule has 0 saturated heterocycles. The van der Waals surface area contributed by atoms with Gasteiger partial charge in [-0.3, -0.25) is 0 Å². The average Bonchev–Trinajstić information content (AvgIpc) is 2.06. The molecule has 0 aliphatic rings. The molecule has 0 fully saturated rings. The molecule has 1 heteroatoms. The third kappa shape index (κ3) is 2.12. The smallest absolute Gasteiger partial charge is 0.00888 e. The fraction of sp³-hybridized carbons (Fsp3) is 0.300. The van der Waals surface area contributed by atoms with Crippen LogP contribution in [-0.2, 0) is 6.42 Å². The van der Waals surface area contributed by atoms with Crippen LogP contribution in [0.1, 0.15) is 24.5 Å². The molecule has 0 saturated carbocycles. The van der Waals surface area contributed by atoms with E-state index in [-0.39, 0.29) is 0 Å². The molecule has 0 aliphatic heterocycles. The summed E-state index contributed by atoms with van der Waals surface area (Å²) in [5, 5.41) is 1.75. The van der Waals surface area contributed by atoms with Crippen LogP contribution in [0, 0.1) is 0 Å². The van der Waals surface area contributed by atoms with Crippen LogP contribution in [0.4, 0.5) is 0 Å². The Morgan fingerprint density at radius 2 is 2.09 bits per heavy atom. The number of aryl methyl sites for hydroxylation is 1. The fourth-order valence-electron chi connectivity index (χ4n) is 1.15. The predicted octanol–water partition coefficient (Wildman–Crippen LogP) is 2.99. The lowest BCUT2D eigenvalue weighted by molar-refractivity contribution is 0.921. The van der Waals surface area contributed by atoms with Crippen LogP contribution in [-0.4, -0.2) is 5.37 Å². The Balaban J connectivity index is 2.92. The Hall–Kier alpha value is -0.690. The number of rotatable bonds is 3. The van der Waals surface area contributed by atoms with Crippen LogP contribution in [0.3, 0.4) is 0 Å². The van der Waals surface area contributed by atoms with E-state index < -0.39 is 0 Å². The average molecular weight is 164 g/mol. The van der Waals surface area contributed by atoms with Crippen molar-refractivity contribution in [2.45, 2.75) is 19.8 Å². The van der Waals surface area contributed by atoms with Gasteiger partial charge in [0.05, 0.1) is 0 Å². The third-order valence-electron chi connectivity index (χ3n) is 1.70. The van der Waals surface area contributed by atoms with Gasteiger partial charge in [0.25, 0.3) is 0 Å². The molecule has 0 nitrogen and oxygen atoms in total. The highest BCUT2D eigenvalue weighted by molar-refractivity contribution is 7.79. The van der Waals surface area contributed by atoms with Crippen LogP contribution in [0.2, 0.25) is 0 Å². The first-order valence-corrected chi connectivity index (χ1v) is 4.38. The molecule has 0 radical (unpaired) electrons. The molecule has 11 heavy (non-hydrogen) atoms. The topological polar surface area (TPSA) is 0 Å². The Kier molecular flexibility index (Phi) is 3.24. The van der Waals surface area contributed by atoms with Gasteiger partial charge < -0.3 is 0 Å². The Labute approximate surface area is 73.2 Å². The molecule has 0 spiro atoms. The standard InChI is InChI=1S/C10H12S/c1-2-5-9-6-3-4-7-10(9)8-11/h3-4,6-8H,2,5H2,1H3. The zero-order valence-corrected chi connectivity index (χ0v) is 7.53. The summed E-state index contributed by atoms with van der Waals surface area (Å²) in [5.41, 5.74) is 2.56. The van der Waals surface area contributed by atoms with Crippen LogP contribution in [0.15, 0.2) is 24.3 Å². The molecule has 0 N–H and O–H groups in total. The van der Waals surface area contributed by atoms with E-state index >= 15 is 0 Å². The van der Waals surface area contributed by atoms with Crippen LogP contribution in [0.5, 0.6) is 0 Å². The van der Waals surface area contributed by atoms with Crippen molar-refractivity contribution in [1.29, 1.82) is 0 Å². The number of hydrogen-bond donors (Lipinski definition) is 0. The molecule has 0 aliphatic carbocycles. The predicted molar refractivity (Wildman–Crippen MR) is 53.2 cm³/mol. The number of benzene rings is 1. The largest absolute Gasteiger partial charge is 0.0881 e. The first-order valence-electron chi connectivity index (χ1n) is 3.91. The highest BCUT2D eigenvalue weighted by atomic mass is 32.1. The van der Waals surface area contributed by atoms with Gasteiger partial charge in [-0.25, -0.2) is 0 Å². The van der Waals surface area contributed by atoms with Gasteiger partial charge in [0.2, 0.25) is 0 Å². The number of thiocarbonyl (C=S) groups is 1. The lowest BCUT2D eigenvalue weighted by Crippen LogP contribution is -1.89. The van der Waals surface area contributed by atoms with Crippen LogP contribution >= 0.6 is 12.2 Å². The summed E-state index contributed by atoms with van der Waals surface area (Å²) in [6.45, 7) is 2.18. The first kappa shape index (κ1) is 8.41. The summed E-state index contributed by atoms with van der Waals surface area (Å²) in [7, 11) is 0. The number of hydrogen-bond acceptors (Lipinski definition) is 1. The molecule has 0 amide bonds. The van der Waals surface area contributed by atoms with E-state index in [1.165, 1.54) is 17.5 Å². The molecule has 1 aromatic carbocycles. The van der Waals surface area contributed by atoms with Crippen molar-refractivity contribution < 1.29 is 0 Å². The zero-order chi connectivity index (χ0) is 8.10. The van der Waals surface area contributed by atoms with Crippen molar-refractivity contribution in [3.8, 4) is 0 Å². The van der Waals surface area contributed by atoms with Crippen molar-refractivity contribution in [2.24, 2.45) is 0 Å². The van der Waals surface area contributed by atoms with Gasteiger partial charge in [0.1, 0.15) is 0 Å². The molecule has 0 unspecified atom stereocenters. The molecule has 0 bridgehead atoms. The highest BCUT2D eigenvalue weighted by Gasteiger charge is 1.95. The van der Waals surface area contributed by atoms with Gasteiger partial charge in [0.15, 0.2) is 0 Å². The quantitative estimate of drug-likeness (QED) is 0.619. The maximum absolute atomic E-state index is 4.90.